The SMILES string of the molecule is COC(C)c1c(N(CCCF)S(=O)(=O)c2ccccc2)sc2ccccc12. The van der Waals surface area contributed by atoms with Crippen LogP contribution in [0, 0.1) is 0 Å². The number of methoxy groups -OCH3 is 1. The maximum Gasteiger partial charge on any atom is 0.264 e. The molecule has 1 unspecified atom stereocenters. The monoisotopic (exact) mass is 407 g/mol. The first-order valence-corrected chi connectivity index (χ1v) is 10.9. The van der Waals surface area contributed by atoms with Crippen LogP contribution in [0.2, 0.25) is 0 Å². The largest absolute Gasteiger partial charge is 0.377 e. The van der Waals surface area contributed by atoms with Gasteiger partial charge in [0, 0.05) is 29.3 Å². The van der Waals surface area contributed by atoms with Gasteiger partial charge in [0.15, 0.2) is 0 Å². The number of ether oxygens (including phenoxy) is 1. The van der Waals surface area contributed by atoms with Crippen molar-refractivity contribution < 1.29 is 17.5 Å². The van der Waals surface area contributed by atoms with E-state index in [2.05, 4.69) is 0 Å². The normalized spacial score (nSPS) is 13.0. The van der Waals surface area contributed by atoms with Crippen LogP contribution < -0.4 is 4.31 Å². The second-order valence-corrected chi connectivity index (χ2v) is 9.02. The Labute approximate surface area is 163 Å². The first kappa shape index (κ1) is 19.8. The smallest absolute Gasteiger partial charge is 0.264 e. The molecule has 0 saturated heterocycles. The van der Waals surface area contributed by atoms with Crippen molar-refractivity contribution in [2.45, 2.75) is 24.3 Å². The highest BCUT2D eigenvalue weighted by Crippen LogP contribution is 2.44. The Morgan fingerprint density at radius 2 is 1.78 bits per heavy atom. The molecule has 0 bridgehead atoms. The molecule has 0 radical (unpaired) electrons. The van der Waals surface area contributed by atoms with E-state index in [9.17, 15) is 12.8 Å². The van der Waals surface area contributed by atoms with Crippen molar-refractivity contribution >= 4 is 36.4 Å². The molecular weight excluding hydrogens is 385 g/mol. The molecule has 27 heavy (non-hydrogen) atoms. The van der Waals surface area contributed by atoms with E-state index < -0.39 is 16.7 Å². The van der Waals surface area contributed by atoms with Crippen LogP contribution >= 0.6 is 11.3 Å². The predicted molar refractivity (Wildman–Crippen MR) is 109 cm³/mol. The molecule has 0 aliphatic heterocycles. The summed E-state index contributed by atoms with van der Waals surface area (Å²) in [6.45, 7) is 1.38. The number of alkyl halides is 1. The molecule has 1 heterocycles. The Balaban J connectivity index is 2.22. The molecule has 2 aromatic carbocycles. The van der Waals surface area contributed by atoms with Gasteiger partial charge in [0.25, 0.3) is 10.0 Å². The minimum Gasteiger partial charge on any atom is -0.377 e. The van der Waals surface area contributed by atoms with Crippen LogP contribution in [0.1, 0.15) is 25.0 Å². The number of sulfonamides is 1. The number of benzene rings is 2. The summed E-state index contributed by atoms with van der Waals surface area (Å²) in [4.78, 5) is 0.192. The van der Waals surface area contributed by atoms with Crippen LogP contribution in [0.15, 0.2) is 59.5 Å². The molecule has 0 aliphatic carbocycles. The fraction of sp³-hybridized carbons (Fsp3) is 0.300. The van der Waals surface area contributed by atoms with E-state index >= 15 is 0 Å². The zero-order valence-corrected chi connectivity index (χ0v) is 16.9. The summed E-state index contributed by atoms with van der Waals surface area (Å²) in [6, 6.07) is 16.0. The van der Waals surface area contributed by atoms with E-state index in [1.54, 1.807) is 37.4 Å². The average molecular weight is 408 g/mol. The van der Waals surface area contributed by atoms with E-state index in [1.165, 1.54) is 15.6 Å². The Hall–Kier alpha value is -1.96. The van der Waals surface area contributed by atoms with Gasteiger partial charge in [0.1, 0.15) is 5.00 Å². The van der Waals surface area contributed by atoms with Crippen molar-refractivity contribution in [3.63, 3.8) is 0 Å². The van der Waals surface area contributed by atoms with Crippen LogP contribution in [0.5, 0.6) is 0 Å². The predicted octanol–water partition coefficient (Wildman–Crippen LogP) is 5.16. The second kappa shape index (κ2) is 8.37. The molecule has 1 aromatic heterocycles. The number of nitrogens with zero attached hydrogens (tertiary/aromatic N) is 1. The molecule has 1 atom stereocenters. The van der Waals surface area contributed by atoms with Crippen molar-refractivity contribution in [3.05, 3.63) is 60.2 Å². The molecular formula is C20H22FNO3S2. The molecule has 7 heteroatoms. The number of hydrogen-bond acceptors (Lipinski definition) is 4. The van der Waals surface area contributed by atoms with Gasteiger partial charge in [-0.3, -0.25) is 8.70 Å². The lowest BCUT2D eigenvalue weighted by Crippen LogP contribution is -2.32. The zero-order chi connectivity index (χ0) is 19.4. The van der Waals surface area contributed by atoms with Crippen molar-refractivity contribution in [3.8, 4) is 0 Å². The number of halogens is 1. The summed E-state index contributed by atoms with van der Waals surface area (Å²) in [5, 5.41) is 1.54. The molecule has 0 fully saturated rings. The van der Waals surface area contributed by atoms with Gasteiger partial charge in [-0.15, -0.1) is 11.3 Å². The number of anilines is 1. The van der Waals surface area contributed by atoms with Crippen molar-refractivity contribution in [1.29, 1.82) is 0 Å². The van der Waals surface area contributed by atoms with Gasteiger partial charge < -0.3 is 4.74 Å². The van der Waals surface area contributed by atoms with Crippen LogP contribution in [0.3, 0.4) is 0 Å². The number of thiophene rings is 1. The van der Waals surface area contributed by atoms with Crippen molar-refractivity contribution in [1.82, 2.24) is 0 Å². The molecule has 3 rings (SSSR count). The van der Waals surface area contributed by atoms with Crippen LogP contribution in [-0.4, -0.2) is 28.7 Å². The highest BCUT2D eigenvalue weighted by molar-refractivity contribution is 7.93. The third kappa shape index (κ3) is 3.85. The molecule has 144 valence electrons. The molecule has 0 N–H and O–H groups in total. The molecule has 4 nitrogen and oxygen atoms in total. The minimum atomic E-state index is -3.82. The lowest BCUT2D eigenvalue weighted by atomic mass is 10.1. The lowest BCUT2D eigenvalue weighted by Gasteiger charge is -2.25. The summed E-state index contributed by atoms with van der Waals surface area (Å²) >= 11 is 1.39. The first-order chi connectivity index (χ1) is 13.0. The van der Waals surface area contributed by atoms with E-state index in [0.29, 0.717) is 5.00 Å². The van der Waals surface area contributed by atoms with Crippen molar-refractivity contribution in [2.24, 2.45) is 0 Å². The van der Waals surface area contributed by atoms with Gasteiger partial charge in [-0.2, -0.15) is 0 Å². The Kier molecular flexibility index (Phi) is 6.14. The average Bonchev–Trinajstić information content (AvgIpc) is 3.07. The Morgan fingerprint density at radius 1 is 1.11 bits per heavy atom. The van der Waals surface area contributed by atoms with Crippen molar-refractivity contribution in [2.75, 3.05) is 24.6 Å². The number of fused-ring (bicyclic) bond motifs is 1. The highest BCUT2D eigenvalue weighted by atomic mass is 32.2. The van der Waals surface area contributed by atoms with Crippen LogP contribution in [-0.2, 0) is 14.8 Å². The van der Waals surface area contributed by atoms with E-state index in [4.69, 9.17) is 4.74 Å². The molecule has 0 amide bonds. The van der Waals surface area contributed by atoms with Gasteiger partial charge in [-0.05, 0) is 31.5 Å². The zero-order valence-electron chi connectivity index (χ0n) is 15.3. The third-order valence-electron chi connectivity index (χ3n) is 4.43. The third-order valence-corrected chi connectivity index (χ3v) is 7.57. The maximum atomic E-state index is 13.3. The van der Waals surface area contributed by atoms with E-state index in [1.807, 2.05) is 31.2 Å². The molecule has 0 aliphatic rings. The van der Waals surface area contributed by atoms with Gasteiger partial charge in [-0.1, -0.05) is 36.4 Å². The van der Waals surface area contributed by atoms with Crippen LogP contribution in [0.25, 0.3) is 10.1 Å². The van der Waals surface area contributed by atoms with E-state index in [0.717, 1.165) is 15.6 Å². The minimum absolute atomic E-state index is 0.0734. The summed E-state index contributed by atoms with van der Waals surface area (Å²) in [5.74, 6) is 0. The quantitative estimate of drug-likeness (QED) is 0.518. The summed E-state index contributed by atoms with van der Waals surface area (Å²) in [7, 11) is -2.22. The lowest BCUT2D eigenvalue weighted by molar-refractivity contribution is 0.121. The molecule has 3 aromatic rings. The fourth-order valence-electron chi connectivity index (χ4n) is 3.00. The molecule has 0 saturated carbocycles. The highest BCUT2D eigenvalue weighted by Gasteiger charge is 2.30. The van der Waals surface area contributed by atoms with Crippen LogP contribution in [0.4, 0.5) is 9.39 Å². The van der Waals surface area contributed by atoms with E-state index in [-0.39, 0.29) is 24.0 Å². The second-order valence-electron chi connectivity index (χ2n) is 6.13. The number of hydrogen-bond donors (Lipinski definition) is 0. The first-order valence-electron chi connectivity index (χ1n) is 8.68. The van der Waals surface area contributed by atoms with Gasteiger partial charge in [0.2, 0.25) is 0 Å². The van der Waals surface area contributed by atoms with Gasteiger partial charge in [0.05, 0.1) is 17.7 Å². The fourth-order valence-corrected chi connectivity index (χ4v) is 6.07. The number of rotatable bonds is 8. The summed E-state index contributed by atoms with van der Waals surface area (Å²) < 4.78 is 47.5. The summed E-state index contributed by atoms with van der Waals surface area (Å²) in [5.41, 5.74) is 0.816. The van der Waals surface area contributed by atoms with Gasteiger partial charge >= 0.3 is 0 Å². The Morgan fingerprint density at radius 3 is 2.44 bits per heavy atom. The molecule has 0 spiro atoms. The van der Waals surface area contributed by atoms with Gasteiger partial charge in [-0.25, -0.2) is 8.42 Å². The topological polar surface area (TPSA) is 46.6 Å². The maximum absolute atomic E-state index is 13.3. The summed E-state index contributed by atoms with van der Waals surface area (Å²) in [6.07, 6.45) is -0.170. The standard InChI is InChI=1S/C20H22FNO3S2/c1-15(25-2)19-17-11-6-7-12-18(17)26-20(19)22(14-8-13-21)27(23,24)16-9-4-3-5-10-16/h3-7,9-12,15H,8,13-14H2,1-2H3. The Bertz CT molecular complexity index is 1000.